The van der Waals surface area contributed by atoms with Gasteiger partial charge in [0.05, 0.1) is 19.6 Å². The highest BCUT2D eigenvalue weighted by molar-refractivity contribution is 7.87. The van der Waals surface area contributed by atoms with Crippen LogP contribution in [0, 0.1) is 11.8 Å². The molecule has 0 amide bonds. The van der Waals surface area contributed by atoms with Crippen molar-refractivity contribution in [1.82, 2.24) is 0 Å². The van der Waals surface area contributed by atoms with Gasteiger partial charge in [0, 0.05) is 0 Å². The van der Waals surface area contributed by atoms with Crippen LogP contribution in [0.15, 0.2) is 0 Å². The van der Waals surface area contributed by atoms with Gasteiger partial charge in [-0.25, -0.2) is 0 Å². The van der Waals surface area contributed by atoms with Crippen molar-refractivity contribution in [3.05, 3.63) is 0 Å². The first-order chi connectivity index (χ1) is 13.2. The molecule has 0 aliphatic carbocycles. The van der Waals surface area contributed by atoms with Crippen molar-refractivity contribution in [2.45, 2.75) is 90.7 Å². The maximum atomic E-state index is 12.2. The minimum atomic E-state index is -4.76. The lowest BCUT2D eigenvalue weighted by atomic mass is 10.0. The third kappa shape index (κ3) is 11.6. The summed E-state index contributed by atoms with van der Waals surface area (Å²) >= 11 is 0. The van der Waals surface area contributed by atoms with E-state index in [1.54, 1.807) is 0 Å². The molecule has 3 atom stereocenters. The lowest BCUT2D eigenvalue weighted by Crippen LogP contribution is -2.35. The monoisotopic (exact) mass is 422 g/mol. The van der Waals surface area contributed by atoms with Crippen molar-refractivity contribution in [3.63, 3.8) is 0 Å². The lowest BCUT2D eigenvalue weighted by molar-refractivity contribution is -0.151. The van der Waals surface area contributed by atoms with E-state index in [9.17, 15) is 22.6 Å². The van der Waals surface area contributed by atoms with Gasteiger partial charge >= 0.3 is 11.9 Å². The Labute approximate surface area is 170 Å². The fourth-order valence-electron chi connectivity index (χ4n) is 2.82. The Morgan fingerprint density at radius 1 is 0.857 bits per heavy atom. The van der Waals surface area contributed by atoms with Crippen LogP contribution < -0.4 is 0 Å². The molecule has 0 aliphatic heterocycles. The van der Waals surface area contributed by atoms with Crippen molar-refractivity contribution < 1.29 is 32.0 Å². The van der Waals surface area contributed by atoms with Crippen LogP contribution >= 0.6 is 0 Å². The van der Waals surface area contributed by atoms with Gasteiger partial charge in [-0.2, -0.15) is 8.42 Å². The van der Waals surface area contributed by atoms with Gasteiger partial charge in [0.15, 0.2) is 5.25 Å². The summed E-state index contributed by atoms with van der Waals surface area (Å²) in [6.45, 7) is 8.35. The molecular formula is C20H38O7S. The molecule has 0 rings (SSSR count). The molecule has 0 aromatic rings. The van der Waals surface area contributed by atoms with Gasteiger partial charge in [-0.05, 0) is 24.7 Å². The molecular weight excluding hydrogens is 384 g/mol. The zero-order chi connectivity index (χ0) is 21.6. The van der Waals surface area contributed by atoms with Gasteiger partial charge in [0.25, 0.3) is 10.1 Å². The number of unbranched alkanes of at least 4 members (excludes halogenated alkanes) is 2. The maximum Gasteiger partial charge on any atom is 0.327 e. The fraction of sp³-hybridized carbons (Fsp3) is 0.900. The summed E-state index contributed by atoms with van der Waals surface area (Å²) < 4.78 is 42.8. The Kier molecular flexibility index (Phi) is 14.2. The zero-order valence-electron chi connectivity index (χ0n) is 17.8. The molecule has 0 radical (unpaired) electrons. The summed E-state index contributed by atoms with van der Waals surface area (Å²) in [5, 5.41) is -1.95. The largest absolute Gasteiger partial charge is 0.465 e. The van der Waals surface area contributed by atoms with E-state index in [1.807, 2.05) is 13.8 Å². The minimum absolute atomic E-state index is 0.0747. The Bertz CT molecular complexity index is 545. The van der Waals surface area contributed by atoms with E-state index >= 15 is 0 Å². The number of rotatable bonds is 16. The van der Waals surface area contributed by atoms with E-state index in [4.69, 9.17) is 9.47 Å². The summed E-state index contributed by atoms with van der Waals surface area (Å²) in [5.74, 6) is -1.61. The second-order valence-electron chi connectivity index (χ2n) is 7.35. The topological polar surface area (TPSA) is 107 Å². The number of hydrogen-bond acceptors (Lipinski definition) is 6. The molecule has 0 fully saturated rings. The quantitative estimate of drug-likeness (QED) is 0.294. The van der Waals surface area contributed by atoms with Gasteiger partial charge in [-0.15, -0.1) is 0 Å². The molecule has 0 aromatic heterocycles. The molecule has 0 heterocycles. The normalized spacial score (nSPS) is 14.9. The summed E-state index contributed by atoms with van der Waals surface area (Å²) in [6.07, 6.45) is 6.74. The first kappa shape index (κ1) is 26.9. The van der Waals surface area contributed by atoms with Crippen LogP contribution in [0.2, 0.25) is 0 Å². The van der Waals surface area contributed by atoms with Crippen molar-refractivity contribution in [2.75, 3.05) is 13.2 Å². The molecule has 0 saturated heterocycles. The highest BCUT2D eigenvalue weighted by atomic mass is 32.2. The lowest BCUT2D eigenvalue weighted by Gasteiger charge is -2.18. The van der Waals surface area contributed by atoms with Gasteiger partial charge in [0.2, 0.25) is 0 Å². The zero-order valence-corrected chi connectivity index (χ0v) is 18.6. The van der Waals surface area contributed by atoms with Crippen LogP contribution in [0.4, 0.5) is 0 Å². The summed E-state index contributed by atoms with van der Waals surface area (Å²) in [6, 6.07) is 0. The van der Waals surface area contributed by atoms with E-state index in [-0.39, 0.29) is 25.0 Å². The number of hydrogen-bond donors (Lipinski definition) is 1. The number of carbonyl (C=O) groups excluding carboxylic acids is 2. The van der Waals surface area contributed by atoms with Gasteiger partial charge in [-0.1, -0.05) is 66.2 Å². The Morgan fingerprint density at radius 2 is 1.32 bits per heavy atom. The molecule has 7 nitrogen and oxygen atoms in total. The highest BCUT2D eigenvalue weighted by Gasteiger charge is 2.36. The predicted octanol–water partition coefficient (Wildman–Crippen LogP) is 4.15. The fourth-order valence-corrected chi connectivity index (χ4v) is 3.48. The Balaban J connectivity index is 4.73. The molecule has 0 saturated carbocycles. The molecule has 0 aromatic carbocycles. The summed E-state index contributed by atoms with van der Waals surface area (Å²) in [5.41, 5.74) is 0. The highest BCUT2D eigenvalue weighted by Crippen LogP contribution is 2.17. The van der Waals surface area contributed by atoms with Crippen LogP contribution in [-0.4, -0.2) is 43.4 Å². The minimum Gasteiger partial charge on any atom is -0.465 e. The maximum absolute atomic E-state index is 12.2. The van der Waals surface area contributed by atoms with Gasteiger partial charge in [0.1, 0.15) is 0 Å². The second kappa shape index (κ2) is 14.8. The molecule has 0 aliphatic rings. The van der Waals surface area contributed by atoms with E-state index in [2.05, 4.69) is 13.8 Å². The van der Waals surface area contributed by atoms with Crippen LogP contribution in [-0.2, 0) is 29.2 Å². The molecule has 0 bridgehead atoms. The molecule has 166 valence electrons. The van der Waals surface area contributed by atoms with Crippen LogP contribution in [0.3, 0.4) is 0 Å². The molecule has 0 unspecified atom stereocenters. The SMILES string of the molecule is CCCC[C@@H](CC)COC(=O)[C@@H](CC(=O)OC[C@@H](CC)CCCC)S(=O)(=O)O. The molecule has 1 N–H and O–H groups in total. The van der Waals surface area contributed by atoms with E-state index in [0.717, 1.165) is 51.4 Å². The van der Waals surface area contributed by atoms with Crippen molar-refractivity contribution >= 4 is 22.1 Å². The van der Waals surface area contributed by atoms with E-state index < -0.39 is 33.7 Å². The average Bonchev–Trinajstić information content (AvgIpc) is 2.65. The van der Waals surface area contributed by atoms with Crippen molar-refractivity contribution in [1.29, 1.82) is 0 Å². The van der Waals surface area contributed by atoms with Crippen molar-refractivity contribution in [3.8, 4) is 0 Å². The number of ether oxygens (including phenoxy) is 2. The van der Waals surface area contributed by atoms with Crippen LogP contribution in [0.25, 0.3) is 0 Å². The Hall–Kier alpha value is -1.15. The molecule has 8 heteroatoms. The standard InChI is InChI=1S/C20H38O7S/c1-5-9-11-16(7-3)14-26-19(21)13-18(28(23,24)25)20(22)27-15-17(8-4)12-10-6-2/h16-18H,5-15H2,1-4H3,(H,23,24,25)/t16-,17+,18+/m0/s1. The van der Waals surface area contributed by atoms with Gasteiger partial charge in [-0.3, -0.25) is 14.1 Å². The van der Waals surface area contributed by atoms with Crippen LogP contribution in [0.1, 0.15) is 85.5 Å². The first-order valence-electron chi connectivity index (χ1n) is 10.5. The predicted molar refractivity (Wildman–Crippen MR) is 108 cm³/mol. The summed E-state index contributed by atoms with van der Waals surface area (Å²) in [4.78, 5) is 24.2. The Morgan fingerprint density at radius 3 is 1.71 bits per heavy atom. The van der Waals surface area contributed by atoms with E-state index in [0.29, 0.717) is 0 Å². The number of esters is 2. The van der Waals surface area contributed by atoms with Gasteiger partial charge < -0.3 is 9.47 Å². The summed E-state index contributed by atoms with van der Waals surface area (Å²) in [7, 11) is -4.76. The molecule has 0 spiro atoms. The average molecular weight is 423 g/mol. The first-order valence-corrected chi connectivity index (χ1v) is 12.0. The smallest absolute Gasteiger partial charge is 0.327 e. The van der Waals surface area contributed by atoms with Crippen molar-refractivity contribution in [2.24, 2.45) is 11.8 Å². The third-order valence-corrected chi connectivity index (χ3v) is 6.08. The second-order valence-corrected chi connectivity index (χ2v) is 8.95. The number of carbonyl (C=O) groups is 2. The molecule has 28 heavy (non-hydrogen) atoms. The van der Waals surface area contributed by atoms with E-state index in [1.165, 1.54) is 0 Å². The third-order valence-electron chi connectivity index (χ3n) is 5.00. The van der Waals surface area contributed by atoms with Crippen LogP contribution in [0.5, 0.6) is 0 Å².